The third-order valence-corrected chi connectivity index (χ3v) is 7.60. The van der Waals surface area contributed by atoms with Crippen LogP contribution in [0.5, 0.6) is 0 Å². The van der Waals surface area contributed by atoms with Crippen LogP contribution in [0.2, 0.25) is 5.02 Å². The Morgan fingerprint density at radius 1 is 0.938 bits per heavy atom. The van der Waals surface area contributed by atoms with E-state index in [1.165, 1.54) is 51.1 Å². The highest BCUT2D eigenvalue weighted by atomic mass is 35.5. The molecule has 1 aliphatic rings. The molecule has 6 nitrogen and oxygen atoms in total. The van der Waals surface area contributed by atoms with Crippen LogP contribution in [0, 0.1) is 0 Å². The molecule has 3 rings (SSSR count). The van der Waals surface area contributed by atoms with Gasteiger partial charge in [0.05, 0.1) is 17.0 Å². The maximum Gasteiger partial charge on any atom is 0.271 e. The van der Waals surface area contributed by atoms with E-state index in [1.54, 1.807) is 24.3 Å². The summed E-state index contributed by atoms with van der Waals surface area (Å²) in [6.45, 7) is 0. The monoisotopic (exact) mass is 477 g/mol. The summed E-state index contributed by atoms with van der Waals surface area (Å²) in [4.78, 5) is 20.9. The molecule has 1 heterocycles. The van der Waals surface area contributed by atoms with Crippen LogP contribution in [-0.4, -0.2) is 30.3 Å². The molecule has 1 aromatic heterocycles. The van der Waals surface area contributed by atoms with Crippen LogP contribution in [0.25, 0.3) is 0 Å². The molecule has 0 radical (unpaired) electrons. The molecule has 1 aliphatic carbocycles. The topological polar surface area (TPSA) is 89.0 Å². The Balaban J connectivity index is 1.71. The predicted molar refractivity (Wildman–Crippen MR) is 126 cm³/mol. The largest absolute Gasteiger partial charge is 0.348 e. The van der Waals surface area contributed by atoms with Gasteiger partial charge >= 0.3 is 0 Å². The van der Waals surface area contributed by atoms with Gasteiger partial charge in [-0.25, -0.2) is 18.4 Å². The molecule has 2 aromatic rings. The van der Waals surface area contributed by atoms with Gasteiger partial charge in [-0.15, -0.1) is 0 Å². The fourth-order valence-corrected chi connectivity index (χ4v) is 5.46. The second-order valence-electron chi connectivity index (χ2n) is 8.52. The molecule has 0 aliphatic heterocycles. The average molecular weight is 478 g/mol. The Morgan fingerprint density at radius 3 is 2.09 bits per heavy atom. The number of sulfone groups is 1. The molecule has 1 saturated carbocycles. The minimum Gasteiger partial charge on any atom is -0.348 e. The molecule has 1 fully saturated rings. The zero-order valence-corrected chi connectivity index (χ0v) is 20.0. The van der Waals surface area contributed by atoms with Gasteiger partial charge in [-0.3, -0.25) is 4.79 Å². The van der Waals surface area contributed by atoms with Crippen molar-refractivity contribution in [1.29, 1.82) is 0 Å². The number of halogens is 1. The first-order chi connectivity index (χ1) is 15.5. The Labute approximate surface area is 196 Å². The summed E-state index contributed by atoms with van der Waals surface area (Å²) >= 11 is 6.18. The average Bonchev–Trinajstić information content (AvgIpc) is 2.76. The number of aromatic nitrogens is 2. The standard InChI is InChI=1S/C24H32ClN3O3S/c25-21-17-26-24(32(30,31)18-19-13-9-8-10-14-19)28-22(21)23(29)27-20-15-11-6-4-2-1-3-5-7-12-16-20/h8-10,13-14,17,20H,1-7,11-12,15-16,18H2,(H,27,29). The molecule has 174 valence electrons. The molecule has 32 heavy (non-hydrogen) atoms. The molecular weight excluding hydrogens is 446 g/mol. The Kier molecular flexibility index (Phi) is 9.48. The first-order valence-electron chi connectivity index (χ1n) is 11.6. The Hall–Kier alpha value is -1.99. The predicted octanol–water partition coefficient (Wildman–Crippen LogP) is 5.51. The third-order valence-electron chi connectivity index (χ3n) is 5.86. The highest BCUT2D eigenvalue weighted by molar-refractivity contribution is 7.90. The van der Waals surface area contributed by atoms with E-state index in [9.17, 15) is 13.2 Å². The number of benzene rings is 1. The Bertz CT molecular complexity index is 971. The van der Waals surface area contributed by atoms with Crippen molar-refractivity contribution in [2.24, 2.45) is 0 Å². The number of carbonyl (C=O) groups excluding carboxylic acids is 1. The van der Waals surface area contributed by atoms with E-state index in [-0.39, 0.29) is 27.7 Å². The summed E-state index contributed by atoms with van der Waals surface area (Å²) in [5.41, 5.74) is 0.546. The molecule has 0 bridgehead atoms. The fourth-order valence-electron chi connectivity index (χ4n) is 4.08. The SMILES string of the molecule is O=C(NC1CCCCCCCCCCC1)c1nc(S(=O)(=O)Cc2ccccc2)ncc1Cl. The number of carbonyl (C=O) groups is 1. The van der Waals surface area contributed by atoms with E-state index >= 15 is 0 Å². The van der Waals surface area contributed by atoms with Gasteiger partial charge < -0.3 is 5.32 Å². The van der Waals surface area contributed by atoms with Gasteiger partial charge in [0.1, 0.15) is 0 Å². The van der Waals surface area contributed by atoms with E-state index in [2.05, 4.69) is 15.3 Å². The molecular formula is C24H32ClN3O3S. The molecule has 1 N–H and O–H groups in total. The number of amides is 1. The van der Waals surface area contributed by atoms with Gasteiger partial charge in [0.25, 0.3) is 5.91 Å². The lowest BCUT2D eigenvalue weighted by Crippen LogP contribution is -2.36. The summed E-state index contributed by atoms with van der Waals surface area (Å²) < 4.78 is 25.6. The van der Waals surface area contributed by atoms with Crippen molar-refractivity contribution in [3.8, 4) is 0 Å². The summed E-state index contributed by atoms with van der Waals surface area (Å²) in [5, 5.41) is 2.72. The maximum absolute atomic E-state index is 13.0. The number of hydrogen-bond donors (Lipinski definition) is 1. The first-order valence-corrected chi connectivity index (χ1v) is 13.6. The van der Waals surface area contributed by atoms with Gasteiger partial charge in [-0.05, 0) is 18.4 Å². The maximum atomic E-state index is 13.0. The summed E-state index contributed by atoms with van der Waals surface area (Å²) in [6, 6.07) is 8.86. The normalized spacial score (nSPS) is 17.2. The van der Waals surface area contributed by atoms with Crippen LogP contribution < -0.4 is 5.32 Å². The van der Waals surface area contributed by atoms with Crippen molar-refractivity contribution in [3.05, 3.63) is 52.8 Å². The van der Waals surface area contributed by atoms with Gasteiger partial charge in [0.15, 0.2) is 5.69 Å². The van der Waals surface area contributed by atoms with Crippen molar-refractivity contribution >= 4 is 27.3 Å². The van der Waals surface area contributed by atoms with E-state index < -0.39 is 15.7 Å². The lowest BCUT2D eigenvalue weighted by atomic mass is 9.98. The van der Waals surface area contributed by atoms with E-state index in [0.717, 1.165) is 25.7 Å². The van der Waals surface area contributed by atoms with E-state index in [4.69, 9.17) is 11.6 Å². The molecule has 0 atom stereocenters. The minimum absolute atomic E-state index is 0.0392. The summed E-state index contributed by atoms with van der Waals surface area (Å²) in [6.07, 6.45) is 13.9. The van der Waals surface area contributed by atoms with Crippen LogP contribution in [0.3, 0.4) is 0 Å². The lowest BCUT2D eigenvalue weighted by Gasteiger charge is -2.19. The number of nitrogens with one attached hydrogen (secondary N) is 1. The van der Waals surface area contributed by atoms with Gasteiger partial charge in [-0.1, -0.05) is 99.7 Å². The molecule has 0 saturated heterocycles. The van der Waals surface area contributed by atoms with Crippen LogP contribution >= 0.6 is 11.6 Å². The van der Waals surface area contributed by atoms with Crippen LogP contribution in [0.15, 0.2) is 41.7 Å². The number of rotatable bonds is 5. The van der Waals surface area contributed by atoms with Crippen molar-refractivity contribution in [2.45, 2.75) is 87.6 Å². The molecule has 1 amide bonds. The van der Waals surface area contributed by atoms with Crippen molar-refractivity contribution in [2.75, 3.05) is 0 Å². The quantitative estimate of drug-likeness (QED) is 0.573. The zero-order chi connectivity index (χ0) is 22.8. The van der Waals surface area contributed by atoms with Crippen LogP contribution in [-0.2, 0) is 15.6 Å². The molecule has 0 unspecified atom stereocenters. The van der Waals surface area contributed by atoms with E-state index in [0.29, 0.717) is 5.56 Å². The van der Waals surface area contributed by atoms with Gasteiger partial charge in [0, 0.05) is 6.04 Å². The number of nitrogens with zero attached hydrogens (tertiary/aromatic N) is 2. The zero-order valence-electron chi connectivity index (χ0n) is 18.4. The second kappa shape index (κ2) is 12.3. The number of hydrogen-bond acceptors (Lipinski definition) is 5. The smallest absolute Gasteiger partial charge is 0.271 e. The lowest BCUT2D eigenvalue weighted by molar-refractivity contribution is 0.0925. The second-order valence-corrected chi connectivity index (χ2v) is 10.8. The van der Waals surface area contributed by atoms with Crippen LogP contribution in [0.1, 0.15) is 86.7 Å². The van der Waals surface area contributed by atoms with Gasteiger partial charge in [0.2, 0.25) is 15.0 Å². The van der Waals surface area contributed by atoms with Crippen molar-refractivity contribution in [1.82, 2.24) is 15.3 Å². The first kappa shape index (κ1) is 24.6. The molecule has 8 heteroatoms. The molecule has 0 spiro atoms. The van der Waals surface area contributed by atoms with Crippen LogP contribution in [0.4, 0.5) is 0 Å². The summed E-state index contributed by atoms with van der Waals surface area (Å²) in [7, 11) is -3.81. The van der Waals surface area contributed by atoms with Crippen molar-refractivity contribution in [3.63, 3.8) is 0 Å². The highest BCUT2D eigenvalue weighted by Crippen LogP contribution is 2.20. The third kappa shape index (κ3) is 7.55. The fraction of sp³-hybridized carbons (Fsp3) is 0.542. The molecule has 1 aromatic carbocycles. The minimum atomic E-state index is -3.81. The summed E-state index contributed by atoms with van der Waals surface area (Å²) in [5.74, 6) is -0.676. The Morgan fingerprint density at radius 2 is 1.50 bits per heavy atom. The van der Waals surface area contributed by atoms with E-state index in [1.807, 2.05) is 6.07 Å². The highest BCUT2D eigenvalue weighted by Gasteiger charge is 2.24. The van der Waals surface area contributed by atoms with Gasteiger partial charge in [-0.2, -0.15) is 0 Å². The van der Waals surface area contributed by atoms with Crippen molar-refractivity contribution < 1.29 is 13.2 Å².